The Kier molecular flexibility index (Phi) is 24.3. The number of nitrogens with zero attached hydrogens (tertiary/aromatic N) is 5. The minimum atomic E-state index is -5.84. The Bertz CT molecular complexity index is 4780. The minimum Gasteiger partial charge on any atom is -0.501 e. The van der Waals surface area contributed by atoms with E-state index in [2.05, 4.69) is 125 Å². The molecule has 12 aromatic rings. The maximum Gasteiger partial charge on any atom is 0.522 e. The molecule has 0 saturated heterocycles. The van der Waals surface area contributed by atoms with Crippen LogP contribution in [0.1, 0.15) is 99.8 Å². The number of benzene rings is 7. The first-order chi connectivity index (χ1) is 51.7. The molecular formula is C82H78F3Ir2N5O7S-4. The summed E-state index contributed by atoms with van der Waals surface area (Å²) in [6.45, 7) is 4.41. The number of alkyl halides is 3. The average molecular weight is 1730 g/mol. The molecule has 0 aliphatic carbocycles. The number of pyridine rings is 5. The van der Waals surface area contributed by atoms with Crippen molar-refractivity contribution in [2.24, 2.45) is 0 Å². The van der Waals surface area contributed by atoms with Crippen molar-refractivity contribution < 1.29 is 102 Å². The smallest absolute Gasteiger partial charge is 0.501 e. The summed E-state index contributed by atoms with van der Waals surface area (Å²) in [4.78, 5) is 21.4. The molecule has 18 heteroatoms. The molecule has 2 aliphatic rings. The van der Waals surface area contributed by atoms with Gasteiger partial charge in [0.2, 0.25) is 0 Å². The van der Waals surface area contributed by atoms with Crippen LogP contribution in [-0.2, 0) is 61.2 Å². The van der Waals surface area contributed by atoms with Crippen LogP contribution in [0, 0.1) is 65.5 Å². The van der Waals surface area contributed by atoms with Crippen LogP contribution in [0.3, 0.4) is 0 Å². The maximum absolute atomic E-state index is 10.7. The third-order valence-corrected chi connectivity index (χ3v) is 15.5. The van der Waals surface area contributed by atoms with E-state index in [9.17, 15) is 13.2 Å². The van der Waals surface area contributed by atoms with E-state index in [1.54, 1.807) is 48.8 Å². The fraction of sp³-hybridized carbons (Fsp3) is 0.183. The number of ether oxygens (including phenoxy) is 2. The van der Waals surface area contributed by atoms with Gasteiger partial charge in [0.15, 0.2) is 0 Å². The number of para-hydroxylation sites is 3. The van der Waals surface area contributed by atoms with Crippen LogP contribution in [0.2, 0.25) is 0 Å². The first-order valence-electron chi connectivity index (χ1n) is 36.1. The van der Waals surface area contributed by atoms with E-state index in [1.165, 1.54) is 58.9 Å². The second-order valence-electron chi connectivity index (χ2n) is 22.4. The van der Waals surface area contributed by atoms with E-state index in [0.29, 0.717) is 16.8 Å². The first-order valence-corrected chi connectivity index (χ1v) is 31.5. The van der Waals surface area contributed by atoms with E-state index in [1.807, 2.05) is 117 Å². The van der Waals surface area contributed by atoms with Crippen molar-refractivity contribution in [2.45, 2.75) is 85.3 Å². The van der Waals surface area contributed by atoms with E-state index in [0.717, 1.165) is 93.4 Å². The number of aliphatic hydroxyl groups is 2. The number of aliphatic hydroxyl groups excluding tert-OH is 2. The molecule has 7 aromatic carbocycles. The summed E-state index contributed by atoms with van der Waals surface area (Å²) in [6.07, 6.45) is 8.09. The molecule has 522 valence electrons. The van der Waals surface area contributed by atoms with E-state index < -0.39 is 43.0 Å². The largest absolute Gasteiger partial charge is 0.522 e. The van der Waals surface area contributed by atoms with Gasteiger partial charge in [-0.2, -0.15) is 21.6 Å². The molecule has 5 aromatic heterocycles. The Balaban J connectivity index is 0.000000241. The molecule has 100 heavy (non-hydrogen) atoms. The molecule has 2 radical (unpaired) electrons. The van der Waals surface area contributed by atoms with Crippen molar-refractivity contribution in [2.75, 3.05) is 14.2 Å². The number of halogens is 3. The zero-order chi connectivity index (χ0) is 81.2. The second kappa shape index (κ2) is 37.8. The zero-order valence-electron chi connectivity index (χ0n) is 67.4. The third-order valence-electron chi connectivity index (χ3n) is 14.9. The number of rotatable bonds is 5. The van der Waals surface area contributed by atoms with Crippen molar-refractivity contribution in [3.63, 3.8) is 0 Å². The van der Waals surface area contributed by atoms with Crippen LogP contribution in [-0.4, -0.2) is 67.8 Å². The summed E-state index contributed by atoms with van der Waals surface area (Å²) in [5, 5.41) is 14.0. The van der Waals surface area contributed by atoms with Gasteiger partial charge in [0.1, 0.15) is 17.2 Å². The molecule has 0 saturated carbocycles. The SMILES string of the molecule is CC1(C)c2ccccc2Oc2c(-c3ccccn3)[c-]ccc21.CC1(C)c2ccccc2Oc2c(-c3ccccn3)cccc21.CO.CO.O=S(=O)(O)C(F)(F)F.[2H]C([2H])([2H])c1c[c-]c(-c2ccc(C([2H])([2H])[2H])cn2)cc1.[2H]C([2H])([2H])c1c[c-]c(-c2ccc(C)cn2)cc1.[2H]C([2H])([2H])c1ccc(-c2[c-]cc(C)cc2)nc1.[Ir].[Ir]. The standard InChI is InChI=1S/C20H17NO.C20H16NO.3C13H12N.CHF3O3S.2CH4O.2Ir/c2*1-20(2)15-9-3-4-12-18(15)22-19-14(8-7-10-16(19)20)17-11-5-6-13-21-17;3*1-10-3-6-12(7-4-10)13-8-5-11(2)9-14-13;2-1(3,4)8(5,6)7;2*1-2;;/h3-13H,1-2H3;3-7,9-13H,1-2H3;3*3-6,8-9H,1-2H3;(H,5,6,7);2*2H,1H3;;/q;4*-1;;;;;/i;;1D3,2D3;2D3;1D3;;;;;. The monoisotopic (exact) mass is 1730 g/mol. The van der Waals surface area contributed by atoms with Gasteiger partial charge in [0.05, 0.1) is 5.69 Å². The van der Waals surface area contributed by atoms with Crippen molar-refractivity contribution in [3.8, 4) is 79.3 Å². The predicted molar refractivity (Wildman–Crippen MR) is 383 cm³/mol. The summed E-state index contributed by atoms with van der Waals surface area (Å²) in [5.41, 5.74) is 10.4. The normalized spacial score (nSPS) is 14.2. The molecule has 12 nitrogen and oxygen atoms in total. The van der Waals surface area contributed by atoms with Crippen molar-refractivity contribution in [1.82, 2.24) is 24.9 Å². The number of hydrogen-bond acceptors (Lipinski definition) is 11. The molecule has 2 aliphatic heterocycles. The molecule has 0 amide bonds. The Morgan fingerprint density at radius 1 is 0.420 bits per heavy atom. The van der Waals surface area contributed by atoms with Gasteiger partial charge in [-0.05, 0) is 96.5 Å². The van der Waals surface area contributed by atoms with Crippen LogP contribution < -0.4 is 9.47 Å². The molecule has 14 rings (SSSR count). The van der Waals surface area contributed by atoms with Gasteiger partial charge in [0.25, 0.3) is 0 Å². The third kappa shape index (κ3) is 21.7. The van der Waals surface area contributed by atoms with Gasteiger partial charge in [-0.1, -0.05) is 163 Å². The number of hydrogen-bond donors (Lipinski definition) is 3. The van der Waals surface area contributed by atoms with Crippen LogP contribution in [0.15, 0.2) is 237 Å². The summed E-state index contributed by atoms with van der Waals surface area (Å²) >= 11 is 0. The molecule has 0 fully saturated rings. The van der Waals surface area contributed by atoms with Crippen molar-refractivity contribution in [3.05, 3.63) is 317 Å². The molecule has 0 atom stereocenters. The van der Waals surface area contributed by atoms with Gasteiger partial charge >= 0.3 is 15.6 Å². The van der Waals surface area contributed by atoms with Gasteiger partial charge in [-0.15, -0.1) is 124 Å². The summed E-state index contributed by atoms with van der Waals surface area (Å²) < 4.78 is 157. The summed E-state index contributed by atoms with van der Waals surface area (Å²) in [5.74, 6) is 3.63. The molecule has 0 spiro atoms. The van der Waals surface area contributed by atoms with Gasteiger partial charge < -0.3 is 39.6 Å². The second-order valence-corrected chi connectivity index (χ2v) is 23.8. The van der Waals surface area contributed by atoms with Gasteiger partial charge in [-0.25, -0.2) is 0 Å². The molecular weight excluding hydrogens is 1640 g/mol. The number of aromatic nitrogens is 5. The topological polar surface area (TPSA) is 178 Å². The summed E-state index contributed by atoms with van der Waals surface area (Å²) in [6, 6.07) is 76.3. The Morgan fingerprint density at radius 3 is 1.19 bits per heavy atom. The molecule has 3 N–H and O–H groups in total. The van der Waals surface area contributed by atoms with Gasteiger partial charge in [0, 0.05) is 141 Å². The number of aryl methyl sites for hydroxylation is 6. The van der Waals surface area contributed by atoms with Crippen LogP contribution >= 0.6 is 0 Å². The maximum atomic E-state index is 10.7. The first kappa shape index (κ1) is 64.2. The van der Waals surface area contributed by atoms with Crippen molar-refractivity contribution in [1.29, 1.82) is 0 Å². The molecule has 7 heterocycles. The van der Waals surface area contributed by atoms with Crippen LogP contribution in [0.25, 0.3) is 56.3 Å². The van der Waals surface area contributed by atoms with Gasteiger partial charge in [-0.3, -0.25) is 9.54 Å². The summed E-state index contributed by atoms with van der Waals surface area (Å²) in [7, 11) is -3.84. The quantitative estimate of drug-likeness (QED) is 0.0845. The molecule has 0 unspecified atom stereocenters. The fourth-order valence-corrected chi connectivity index (χ4v) is 9.86. The Labute approximate surface area is 629 Å². The fourth-order valence-electron chi connectivity index (χ4n) is 9.86. The Morgan fingerprint density at radius 2 is 0.800 bits per heavy atom. The van der Waals surface area contributed by atoms with Crippen LogP contribution in [0.4, 0.5) is 13.2 Å². The van der Waals surface area contributed by atoms with Crippen molar-refractivity contribution >= 4 is 10.1 Å². The van der Waals surface area contributed by atoms with E-state index in [4.69, 9.17) is 49.1 Å². The van der Waals surface area contributed by atoms with E-state index >= 15 is 0 Å². The molecule has 0 bridgehead atoms. The number of fused-ring (bicyclic) bond motifs is 4. The average Bonchev–Trinajstić information content (AvgIpc) is 0.744. The predicted octanol–water partition coefficient (Wildman–Crippen LogP) is 19.3. The van der Waals surface area contributed by atoms with E-state index in [-0.39, 0.29) is 67.7 Å². The zero-order valence-corrected chi connectivity index (χ0v) is 61.0. The minimum absolute atomic E-state index is 0. The Hall–Kier alpha value is -9.19. The van der Waals surface area contributed by atoms with Crippen LogP contribution in [0.5, 0.6) is 23.0 Å².